The molecule has 4 nitrogen and oxygen atoms in total. The average Bonchev–Trinajstić information content (AvgIpc) is 2.73. The first-order chi connectivity index (χ1) is 11.7. The zero-order valence-corrected chi connectivity index (χ0v) is 15.6. The zero-order valence-electron chi connectivity index (χ0n) is 14.8. The van der Waals surface area contributed by atoms with E-state index in [0.717, 1.165) is 22.4 Å². The van der Waals surface area contributed by atoms with Gasteiger partial charge in [-0.1, -0.05) is 35.4 Å². The predicted octanol–water partition coefficient (Wildman–Crippen LogP) is 4.22. The molecule has 2 amide bonds. The van der Waals surface area contributed by atoms with Gasteiger partial charge in [0.25, 0.3) is 0 Å². The van der Waals surface area contributed by atoms with E-state index in [2.05, 4.69) is 5.32 Å². The maximum atomic E-state index is 12.8. The molecule has 0 unspecified atom stereocenters. The fourth-order valence-electron chi connectivity index (χ4n) is 3.18. The Morgan fingerprint density at radius 2 is 1.92 bits per heavy atom. The second kappa shape index (κ2) is 6.19. The van der Waals surface area contributed by atoms with E-state index >= 15 is 0 Å². The Balaban J connectivity index is 1.85. The Morgan fingerprint density at radius 3 is 2.64 bits per heavy atom. The highest BCUT2D eigenvalue weighted by Crippen LogP contribution is 2.41. The van der Waals surface area contributed by atoms with Gasteiger partial charge in [0.15, 0.2) is 0 Å². The molecule has 0 saturated carbocycles. The van der Waals surface area contributed by atoms with Crippen LogP contribution in [0.15, 0.2) is 36.4 Å². The number of nitrogens with one attached hydrogen (secondary N) is 1. The second-order valence-corrected chi connectivity index (χ2v) is 7.40. The molecule has 2 aromatic rings. The minimum Gasteiger partial charge on any atom is -0.324 e. The standard InChI is InChI=1S/C20H21ClN2O2/c1-12-8-9-17-14(10-12)20(3,4)19(25)23(17)11-18(24)22-16-7-5-6-15(21)13(16)2/h5-10H,11H2,1-4H3,(H,22,24). The van der Waals surface area contributed by atoms with Gasteiger partial charge < -0.3 is 10.2 Å². The van der Waals surface area contributed by atoms with Gasteiger partial charge >= 0.3 is 0 Å². The fourth-order valence-corrected chi connectivity index (χ4v) is 3.36. The monoisotopic (exact) mass is 356 g/mol. The molecule has 5 heteroatoms. The summed E-state index contributed by atoms with van der Waals surface area (Å²) in [4.78, 5) is 26.9. The van der Waals surface area contributed by atoms with Crippen LogP contribution in [-0.2, 0) is 15.0 Å². The first-order valence-corrected chi connectivity index (χ1v) is 8.57. The number of anilines is 2. The van der Waals surface area contributed by atoms with Crippen molar-refractivity contribution in [1.29, 1.82) is 0 Å². The molecule has 1 heterocycles. The number of nitrogens with zero attached hydrogens (tertiary/aromatic N) is 1. The number of halogens is 1. The van der Waals surface area contributed by atoms with Crippen LogP contribution in [0.25, 0.3) is 0 Å². The summed E-state index contributed by atoms with van der Waals surface area (Å²) in [6, 6.07) is 11.2. The summed E-state index contributed by atoms with van der Waals surface area (Å²) >= 11 is 6.09. The molecule has 1 aliphatic heterocycles. The van der Waals surface area contributed by atoms with E-state index in [0.29, 0.717) is 10.7 Å². The van der Waals surface area contributed by atoms with Crippen molar-refractivity contribution in [2.75, 3.05) is 16.8 Å². The highest BCUT2D eigenvalue weighted by atomic mass is 35.5. The normalized spacial score (nSPS) is 15.2. The predicted molar refractivity (Wildman–Crippen MR) is 101 cm³/mol. The molecule has 0 spiro atoms. The highest BCUT2D eigenvalue weighted by Gasteiger charge is 2.44. The molecule has 3 rings (SSSR count). The zero-order chi connectivity index (χ0) is 18.4. The van der Waals surface area contributed by atoms with Gasteiger partial charge in [0.2, 0.25) is 11.8 Å². The minimum atomic E-state index is -0.631. The third-order valence-electron chi connectivity index (χ3n) is 4.74. The Labute approximate surface area is 152 Å². The Kier molecular flexibility index (Phi) is 4.33. The minimum absolute atomic E-state index is 0.0235. The van der Waals surface area contributed by atoms with Crippen molar-refractivity contribution in [3.63, 3.8) is 0 Å². The molecule has 0 saturated heterocycles. The van der Waals surface area contributed by atoms with Crippen molar-refractivity contribution in [2.24, 2.45) is 0 Å². The van der Waals surface area contributed by atoms with Crippen molar-refractivity contribution in [1.82, 2.24) is 0 Å². The smallest absolute Gasteiger partial charge is 0.244 e. The topological polar surface area (TPSA) is 49.4 Å². The van der Waals surface area contributed by atoms with E-state index in [1.165, 1.54) is 0 Å². The van der Waals surface area contributed by atoms with Crippen LogP contribution in [0, 0.1) is 13.8 Å². The van der Waals surface area contributed by atoms with Gasteiger partial charge in [-0.3, -0.25) is 9.59 Å². The summed E-state index contributed by atoms with van der Waals surface area (Å²) in [6.45, 7) is 7.61. The average molecular weight is 357 g/mol. The lowest BCUT2D eigenvalue weighted by Crippen LogP contribution is -2.40. The van der Waals surface area contributed by atoms with Crippen LogP contribution in [0.3, 0.4) is 0 Å². The molecule has 0 aromatic heterocycles. The summed E-state index contributed by atoms with van der Waals surface area (Å²) in [6.07, 6.45) is 0. The number of fused-ring (bicyclic) bond motifs is 1. The fraction of sp³-hybridized carbons (Fsp3) is 0.300. The largest absolute Gasteiger partial charge is 0.324 e. The van der Waals surface area contributed by atoms with Crippen LogP contribution in [0.1, 0.15) is 30.5 Å². The lowest BCUT2D eigenvalue weighted by molar-refractivity contribution is -0.124. The van der Waals surface area contributed by atoms with Crippen LogP contribution >= 0.6 is 11.6 Å². The van der Waals surface area contributed by atoms with Crippen LogP contribution < -0.4 is 10.2 Å². The van der Waals surface area contributed by atoms with Crippen molar-refractivity contribution < 1.29 is 9.59 Å². The number of aryl methyl sites for hydroxylation is 1. The number of benzene rings is 2. The van der Waals surface area contributed by atoms with Gasteiger partial charge in [0, 0.05) is 16.4 Å². The maximum absolute atomic E-state index is 12.8. The van der Waals surface area contributed by atoms with Crippen molar-refractivity contribution >= 4 is 34.8 Å². The number of hydrogen-bond acceptors (Lipinski definition) is 2. The molecule has 130 valence electrons. The molecule has 2 aromatic carbocycles. The number of rotatable bonds is 3. The summed E-state index contributed by atoms with van der Waals surface area (Å²) in [5, 5.41) is 3.45. The van der Waals surface area contributed by atoms with E-state index in [4.69, 9.17) is 11.6 Å². The number of carbonyl (C=O) groups excluding carboxylic acids is 2. The van der Waals surface area contributed by atoms with Crippen LogP contribution in [0.5, 0.6) is 0 Å². The molecule has 0 atom stereocenters. The molecule has 0 radical (unpaired) electrons. The third-order valence-corrected chi connectivity index (χ3v) is 5.15. The molecule has 0 bridgehead atoms. The van der Waals surface area contributed by atoms with Gasteiger partial charge in [-0.05, 0) is 57.0 Å². The van der Waals surface area contributed by atoms with Gasteiger partial charge in [-0.25, -0.2) is 0 Å². The van der Waals surface area contributed by atoms with Gasteiger partial charge in [0.05, 0.1) is 5.41 Å². The molecule has 0 aliphatic carbocycles. The van der Waals surface area contributed by atoms with Crippen molar-refractivity contribution in [2.45, 2.75) is 33.1 Å². The van der Waals surface area contributed by atoms with Crippen LogP contribution in [0.2, 0.25) is 5.02 Å². The summed E-state index contributed by atoms with van der Waals surface area (Å²) in [5.41, 5.74) is 3.70. The second-order valence-electron chi connectivity index (χ2n) is 7.00. The number of carbonyl (C=O) groups is 2. The van der Waals surface area contributed by atoms with E-state index < -0.39 is 5.41 Å². The van der Waals surface area contributed by atoms with E-state index in [-0.39, 0.29) is 18.4 Å². The quantitative estimate of drug-likeness (QED) is 0.895. The summed E-state index contributed by atoms with van der Waals surface area (Å²) < 4.78 is 0. The van der Waals surface area contributed by atoms with E-state index in [1.54, 1.807) is 23.1 Å². The lowest BCUT2D eigenvalue weighted by atomic mass is 9.85. The van der Waals surface area contributed by atoms with E-state index in [1.807, 2.05) is 45.9 Å². The Hall–Kier alpha value is -2.33. The number of hydrogen-bond donors (Lipinski definition) is 1. The first kappa shape index (κ1) is 17.5. The summed E-state index contributed by atoms with van der Waals surface area (Å²) in [5.74, 6) is -0.311. The van der Waals surface area contributed by atoms with Crippen molar-refractivity contribution in [3.8, 4) is 0 Å². The highest BCUT2D eigenvalue weighted by molar-refractivity contribution is 6.31. The van der Waals surface area contributed by atoms with Gasteiger partial charge in [-0.2, -0.15) is 0 Å². The molecular weight excluding hydrogens is 336 g/mol. The third kappa shape index (κ3) is 3.02. The molecule has 1 N–H and O–H groups in total. The van der Waals surface area contributed by atoms with Crippen molar-refractivity contribution in [3.05, 3.63) is 58.1 Å². The van der Waals surface area contributed by atoms with Crippen LogP contribution in [-0.4, -0.2) is 18.4 Å². The molecule has 0 fully saturated rings. The first-order valence-electron chi connectivity index (χ1n) is 8.20. The Morgan fingerprint density at radius 1 is 1.20 bits per heavy atom. The lowest BCUT2D eigenvalue weighted by Gasteiger charge is -2.20. The van der Waals surface area contributed by atoms with Gasteiger partial charge in [0.1, 0.15) is 6.54 Å². The summed E-state index contributed by atoms with van der Waals surface area (Å²) in [7, 11) is 0. The Bertz CT molecular complexity index is 874. The number of amides is 2. The van der Waals surface area contributed by atoms with Crippen LogP contribution in [0.4, 0.5) is 11.4 Å². The maximum Gasteiger partial charge on any atom is 0.244 e. The SMILES string of the molecule is Cc1ccc2c(c1)C(C)(C)C(=O)N2CC(=O)Nc1cccc(Cl)c1C. The van der Waals surface area contributed by atoms with Gasteiger partial charge in [-0.15, -0.1) is 0 Å². The molecule has 25 heavy (non-hydrogen) atoms. The van der Waals surface area contributed by atoms with E-state index in [9.17, 15) is 9.59 Å². The molecular formula is C20H21ClN2O2. The molecule has 1 aliphatic rings.